The summed E-state index contributed by atoms with van der Waals surface area (Å²) in [5, 5.41) is 1.96. The fourth-order valence-corrected chi connectivity index (χ4v) is 3.29. The molecule has 3 aromatic heterocycles. The third-order valence-electron chi connectivity index (χ3n) is 4.28. The molecular formula is C20H17N3O3S. The minimum atomic E-state index is -0.433. The van der Waals surface area contributed by atoms with E-state index in [0.29, 0.717) is 28.4 Å². The van der Waals surface area contributed by atoms with Crippen molar-refractivity contribution < 1.29 is 13.9 Å². The zero-order chi connectivity index (χ0) is 19.0. The molecule has 4 aromatic rings. The zero-order valence-corrected chi connectivity index (χ0v) is 16.0. The standard InChI is InChI=1S/C20H17N3O3S/c1-11-12(2)22-16-9-14(6-7-15(16)21-11)20(24)25-10-17-13(3)26-19(23-17)18-5-4-8-27-18/h4-9H,10H2,1-3H3. The lowest BCUT2D eigenvalue weighted by atomic mass is 10.2. The quantitative estimate of drug-likeness (QED) is 0.481. The summed E-state index contributed by atoms with van der Waals surface area (Å²) < 4.78 is 11.1. The smallest absolute Gasteiger partial charge is 0.338 e. The lowest BCUT2D eigenvalue weighted by Crippen LogP contribution is -2.06. The van der Waals surface area contributed by atoms with Gasteiger partial charge in [-0.05, 0) is 50.4 Å². The van der Waals surface area contributed by atoms with Gasteiger partial charge in [-0.15, -0.1) is 11.3 Å². The molecule has 0 spiro atoms. The Hall–Kier alpha value is -3.06. The minimum absolute atomic E-state index is 0.0518. The Kier molecular flexibility index (Phi) is 4.45. The van der Waals surface area contributed by atoms with E-state index in [2.05, 4.69) is 15.0 Å². The number of esters is 1. The van der Waals surface area contributed by atoms with Crippen LogP contribution in [0.4, 0.5) is 0 Å². The number of thiophene rings is 1. The van der Waals surface area contributed by atoms with Crippen LogP contribution in [-0.4, -0.2) is 20.9 Å². The molecule has 136 valence electrons. The van der Waals surface area contributed by atoms with Crippen molar-refractivity contribution in [3.63, 3.8) is 0 Å². The van der Waals surface area contributed by atoms with Gasteiger partial charge in [-0.25, -0.2) is 19.7 Å². The second kappa shape index (κ2) is 6.92. The van der Waals surface area contributed by atoms with Crippen LogP contribution in [0.2, 0.25) is 0 Å². The second-order valence-electron chi connectivity index (χ2n) is 6.17. The monoisotopic (exact) mass is 379 g/mol. The van der Waals surface area contributed by atoms with Crippen molar-refractivity contribution in [3.05, 3.63) is 64.1 Å². The van der Waals surface area contributed by atoms with Gasteiger partial charge in [0.25, 0.3) is 0 Å². The van der Waals surface area contributed by atoms with Crippen LogP contribution in [-0.2, 0) is 11.3 Å². The van der Waals surface area contributed by atoms with Gasteiger partial charge in [-0.1, -0.05) is 6.07 Å². The molecule has 0 aliphatic heterocycles. The fourth-order valence-electron chi connectivity index (χ4n) is 2.64. The Bertz CT molecular complexity index is 1130. The van der Waals surface area contributed by atoms with Crippen molar-refractivity contribution >= 4 is 28.3 Å². The summed E-state index contributed by atoms with van der Waals surface area (Å²) in [4.78, 5) is 26.8. The number of aryl methyl sites for hydroxylation is 3. The van der Waals surface area contributed by atoms with E-state index in [0.717, 1.165) is 21.8 Å². The maximum absolute atomic E-state index is 12.4. The molecule has 4 rings (SSSR count). The van der Waals surface area contributed by atoms with Gasteiger partial charge in [0, 0.05) is 0 Å². The highest BCUT2D eigenvalue weighted by Crippen LogP contribution is 2.26. The van der Waals surface area contributed by atoms with E-state index in [1.54, 1.807) is 29.5 Å². The van der Waals surface area contributed by atoms with Gasteiger partial charge >= 0.3 is 5.97 Å². The van der Waals surface area contributed by atoms with E-state index in [1.807, 2.05) is 38.3 Å². The van der Waals surface area contributed by atoms with Gasteiger partial charge in [0.15, 0.2) is 0 Å². The number of rotatable bonds is 4. The van der Waals surface area contributed by atoms with Gasteiger partial charge in [-0.2, -0.15) is 0 Å². The number of aromatic nitrogens is 3. The molecule has 0 atom stereocenters. The summed E-state index contributed by atoms with van der Waals surface area (Å²) in [6.07, 6.45) is 0. The van der Waals surface area contributed by atoms with Crippen molar-refractivity contribution in [1.82, 2.24) is 15.0 Å². The summed E-state index contributed by atoms with van der Waals surface area (Å²) >= 11 is 1.55. The van der Waals surface area contributed by atoms with E-state index >= 15 is 0 Å². The molecule has 0 N–H and O–H groups in total. The van der Waals surface area contributed by atoms with Crippen LogP contribution in [0.1, 0.15) is 33.2 Å². The summed E-state index contributed by atoms with van der Waals surface area (Å²) in [5.74, 6) is 0.749. The minimum Gasteiger partial charge on any atom is -0.455 e. The largest absolute Gasteiger partial charge is 0.455 e. The van der Waals surface area contributed by atoms with Crippen molar-refractivity contribution in [1.29, 1.82) is 0 Å². The highest BCUT2D eigenvalue weighted by Gasteiger charge is 2.15. The maximum atomic E-state index is 12.4. The van der Waals surface area contributed by atoms with E-state index in [-0.39, 0.29) is 6.61 Å². The zero-order valence-electron chi connectivity index (χ0n) is 15.1. The number of oxazole rings is 1. The SMILES string of the molecule is Cc1nc2ccc(C(=O)OCc3nc(-c4cccs4)oc3C)cc2nc1C. The molecule has 0 bridgehead atoms. The number of ether oxygens (including phenoxy) is 1. The average molecular weight is 379 g/mol. The number of hydrogen-bond donors (Lipinski definition) is 0. The molecular weight excluding hydrogens is 362 g/mol. The normalized spacial score (nSPS) is 11.1. The first-order chi connectivity index (χ1) is 13.0. The molecule has 27 heavy (non-hydrogen) atoms. The van der Waals surface area contributed by atoms with E-state index in [1.165, 1.54) is 0 Å². The van der Waals surface area contributed by atoms with Crippen LogP contribution < -0.4 is 0 Å². The second-order valence-corrected chi connectivity index (χ2v) is 7.12. The molecule has 6 nitrogen and oxygen atoms in total. The van der Waals surface area contributed by atoms with Gasteiger partial charge < -0.3 is 9.15 Å². The van der Waals surface area contributed by atoms with Crippen LogP contribution >= 0.6 is 11.3 Å². The first-order valence-corrected chi connectivity index (χ1v) is 9.31. The van der Waals surface area contributed by atoms with Gasteiger partial charge in [0.2, 0.25) is 5.89 Å². The number of nitrogens with zero attached hydrogens (tertiary/aromatic N) is 3. The molecule has 0 aliphatic rings. The summed E-state index contributed by atoms with van der Waals surface area (Å²) in [7, 11) is 0. The number of benzene rings is 1. The summed E-state index contributed by atoms with van der Waals surface area (Å²) in [5.41, 5.74) is 4.18. The topological polar surface area (TPSA) is 78.1 Å². The van der Waals surface area contributed by atoms with Crippen LogP contribution in [0.15, 0.2) is 40.1 Å². The molecule has 0 saturated heterocycles. The molecule has 1 aromatic carbocycles. The van der Waals surface area contributed by atoms with Crippen molar-refractivity contribution in [2.75, 3.05) is 0 Å². The number of fused-ring (bicyclic) bond motifs is 1. The van der Waals surface area contributed by atoms with Gasteiger partial charge in [0.05, 0.1) is 32.9 Å². The average Bonchev–Trinajstić information content (AvgIpc) is 3.30. The molecule has 0 fully saturated rings. The van der Waals surface area contributed by atoms with Crippen LogP contribution in [0.3, 0.4) is 0 Å². The number of carbonyl (C=O) groups is 1. The highest BCUT2D eigenvalue weighted by atomic mass is 32.1. The summed E-state index contributed by atoms with van der Waals surface area (Å²) in [6.45, 7) is 5.67. The van der Waals surface area contributed by atoms with Crippen molar-refractivity contribution in [3.8, 4) is 10.8 Å². The number of carbonyl (C=O) groups excluding carboxylic acids is 1. The predicted molar refractivity (Wildman–Crippen MR) is 103 cm³/mol. The molecule has 0 aliphatic carbocycles. The van der Waals surface area contributed by atoms with Crippen LogP contribution in [0.25, 0.3) is 21.8 Å². The fraction of sp³-hybridized carbons (Fsp3) is 0.200. The highest BCUT2D eigenvalue weighted by molar-refractivity contribution is 7.13. The Morgan fingerprint density at radius 1 is 1.07 bits per heavy atom. The Labute approximate surface area is 159 Å². The van der Waals surface area contributed by atoms with Crippen LogP contribution in [0.5, 0.6) is 0 Å². The Balaban J connectivity index is 1.51. The maximum Gasteiger partial charge on any atom is 0.338 e. The Morgan fingerprint density at radius 3 is 2.59 bits per heavy atom. The molecule has 0 radical (unpaired) electrons. The first-order valence-electron chi connectivity index (χ1n) is 8.43. The third kappa shape index (κ3) is 3.46. The molecule has 0 saturated carbocycles. The molecule has 3 heterocycles. The number of hydrogen-bond acceptors (Lipinski definition) is 7. The van der Waals surface area contributed by atoms with Gasteiger partial charge in [-0.3, -0.25) is 0 Å². The molecule has 0 amide bonds. The van der Waals surface area contributed by atoms with Crippen molar-refractivity contribution in [2.45, 2.75) is 27.4 Å². The van der Waals surface area contributed by atoms with E-state index < -0.39 is 5.97 Å². The predicted octanol–water partition coefficient (Wildman–Crippen LogP) is 4.63. The third-order valence-corrected chi connectivity index (χ3v) is 5.13. The lowest BCUT2D eigenvalue weighted by Gasteiger charge is -2.06. The van der Waals surface area contributed by atoms with Gasteiger partial charge in [0.1, 0.15) is 18.1 Å². The van der Waals surface area contributed by atoms with E-state index in [4.69, 9.17) is 9.15 Å². The molecule has 7 heteroatoms. The Morgan fingerprint density at radius 2 is 1.85 bits per heavy atom. The molecule has 0 unspecified atom stereocenters. The first kappa shape index (κ1) is 17.4. The summed E-state index contributed by atoms with van der Waals surface area (Å²) in [6, 6.07) is 9.04. The lowest BCUT2D eigenvalue weighted by molar-refractivity contribution is 0.0467. The van der Waals surface area contributed by atoms with E-state index in [9.17, 15) is 4.79 Å². The van der Waals surface area contributed by atoms with Crippen LogP contribution in [0, 0.1) is 20.8 Å². The van der Waals surface area contributed by atoms with Crippen molar-refractivity contribution in [2.24, 2.45) is 0 Å².